The van der Waals surface area contributed by atoms with Crippen LogP contribution in [0.3, 0.4) is 0 Å². The van der Waals surface area contributed by atoms with Crippen LogP contribution in [-0.2, 0) is 0 Å². The van der Waals surface area contributed by atoms with Gasteiger partial charge in [-0.05, 0) is 12.1 Å². The lowest BCUT2D eigenvalue weighted by Gasteiger charge is -2.08. The Hall–Kier alpha value is -3.14. The molecule has 2 aromatic rings. The first-order valence-corrected chi connectivity index (χ1v) is 7.31. The highest BCUT2D eigenvalue weighted by Crippen LogP contribution is 2.28. The molecule has 0 fully saturated rings. The first kappa shape index (κ1) is 16.2. The molecule has 0 unspecified atom stereocenters. The van der Waals surface area contributed by atoms with E-state index in [0.717, 1.165) is 11.8 Å². The van der Waals surface area contributed by atoms with E-state index in [1.54, 1.807) is 13.1 Å². The molecule has 0 aliphatic rings. The van der Waals surface area contributed by atoms with Crippen molar-refractivity contribution in [1.29, 1.82) is 0 Å². The molecule has 0 aliphatic carbocycles. The standard InChI is InChI=1S/C13H15N7O2S/c1-16-11(6-20(21)22)17-9-4-2-3-8(5-9)10-7-23-13(18-10)19-12(14)15/h2-7,16-17H,1H3,(H4,14,15,18,19). The normalized spacial score (nSPS) is 10.9. The molecule has 9 nitrogen and oxygen atoms in total. The largest absolute Gasteiger partial charge is 0.370 e. The van der Waals surface area contributed by atoms with Crippen LogP contribution in [0.25, 0.3) is 11.3 Å². The van der Waals surface area contributed by atoms with E-state index in [2.05, 4.69) is 20.6 Å². The summed E-state index contributed by atoms with van der Waals surface area (Å²) in [5, 5.41) is 18.5. The van der Waals surface area contributed by atoms with Gasteiger partial charge in [0.2, 0.25) is 5.13 Å². The molecule has 1 heterocycles. The molecule has 0 spiro atoms. The van der Waals surface area contributed by atoms with E-state index in [0.29, 0.717) is 16.5 Å². The van der Waals surface area contributed by atoms with Gasteiger partial charge in [0.05, 0.1) is 10.6 Å². The lowest BCUT2D eigenvalue weighted by molar-refractivity contribution is -0.403. The quantitative estimate of drug-likeness (QED) is 0.271. The smallest absolute Gasteiger partial charge is 0.274 e. The SMILES string of the molecule is CNC(=C[N+](=O)[O-])Nc1cccc(-c2csc(N=C(N)N)n2)c1. The third-order valence-corrected chi connectivity index (χ3v) is 3.39. The van der Waals surface area contributed by atoms with E-state index in [1.807, 2.05) is 23.6 Å². The number of nitrogens with zero attached hydrogens (tertiary/aromatic N) is 3. The molecule has 23 heavy (non-hydrogen) atoms. The fourth-order valence-corrected chi connectivity index (χ4v) is 2.45. The average molecular weight is 333 g/mol. The van der Waals surface area contributed by atoms with E-state index in [9.17, 15) is 10.1 Å². The van der Waals surface area contributed by atoms with Crippen molar-refractivity contribution in [3.05, 3.63) is 51.8 Å². The number of guanidine groups is 1. The maximum absolute atomic E-state index is 10.5. The van der Waals surface area contributed by atoms with Crippen molar-refractivity contribution in [2.45, 2.75) is 0 Å². The van der Waals surface area contributed by atoms with Gasteiger partial charge < -0.3 is 22.1 Å². The summed E-state index contributed by atoms with van der Waals surface area (Å²) in [6.07, 6.45) is 0.854. The Morgan fingerprint density at radius 1 is 1.48 bits per heavy atom. The van der Waals surface area contributed by atoms with Gasteiger partial charge >= 0.3 is 0 Å². The second-order valence-electron chi connectivity index (χ2n) is 4.34. The number of rotatable bonds is 6. The van der Waals surface area contributed by atoms with Crippen LogP contribution in [-0.4, -0.2) is 22.9 Å². The minimum absolute atomic E-state index is 0.0510. The molecule has 0 aliphatic heterocycles. The van der Waals surface area contributed by atoms with Crippen LogP contribution in [0.5, 0.6) is 0 Å². The van der Waals surface area contributed by atoms with E-state index in [1.165, 1.54) is 11.3 Å². The molecule has 1 aromatic carbocycles. The fourth-order valence-electron chi connectivity index (χ4n) is 1.74. The number of aliphatic imine (C=N–C) groups is 1. The van der Waals surface area contributed by atoms with Crippen LogP contribution < -0.4 is 22.1 Å². The van der Waals surface area contributed by atoms with Crippen LogP contribution in [0.1, 0.15) is 0 Å². The number of nitrogens with one attached hydrogen (secondary N) is 2. The first-order chi connectivity index (χ1) is 11.0. The van der Waals surface area contributed by atoms with Crippen molar-refractivity contribution in [1.82, 2.24) is 10.3 Å². The van der Waals surface area contributed by atoms with E-state index < -0.39 is 4.92 Å². The summed E-state index contributed by atoms with van der Waals surface area (Å²) in [6.45, 7) is 0. The minimum atomic E-state index is -0.537. The Labute approximate surface area is 135 Å². The molecule has 120 valence electrons. The Morgan fingerprint density at radius 2 is 2.26 bits per heavy atom. The summed E-state index contributed by atoms with van der Waals surface area (Å²) >= 11 is 1.31. The van der Waals surface area contributed by atoms with E-state index in [-0.39, 0.29) is 11.8 Å². The zero-order valence-corrected chi connectivity index (χ0v) is 13.0. The summed E-state index contributed by atoms with van der Waals surface area (Å²) < 4.78 is 0. The highest BCUT2D eigenvalue weighted by Gasteiger charge is 2.07. The maximum atomic E-state index is 10.5. The van der Waals surface area contributed by atoms with Crippen molar-refractivity contribution >= 4 is 28.1 Å². The molecule has 0 saturated carbocycles. The highest BCUT2D eigenvalue weighted by atomic mass is 32.1. The van der Waals surface area contributed by atoms with Crippen LogP contribution in [0.2, 0.25) is 0 Å². The van der Waals surface area contributed by atoms with Gasteiger partial charge in [0.15, 0.2) is 11.8 Å². The number of anilines is 1. The third-order valence-electron chi connectivity index (χ3n) is 2.66. The van der Waals surface area contributed by atoms with Crippen LogP contribution >= 0.6 is 11.3 Å². The Kier molecular flexibility index (Phi) is 5.10. The van der Waals surface area contributed by atoms with Gasteiger partial charge in [-0.1, -0.05) is 12.1 Å². The fraction of sp³-hybridized carbons (Fsp3) is 0.0769. The number of benzene rings is 1. The second-order valence-corrected chi connectivity index (χ2v) is 5.17. The van der Waals surface area contributed by atoms with Gasteiger partial charge in [-0.25, -0.2) is 4.98 Å². The zero-order chi connectivity index (χ0) is 16.8. The Bertz CT molecular complexity index is 765. The van der Waals surface area contributed by atoms with Crippen LogP contribution in [0, 0.1) is 10.1 Å². The predicted octanol–water partition coefficient (Wildman–Crippen LogP) is 1.42. The van der Waals surface area contributed by atoms with Crippen molar-refractivity contribution in [3.8, 4) is 11.3 Å². The number of nitrogens with two attached hydrogens (primary N) is 2. The van der Waals surface area contributed by atoms with Crippen LogP contribution in [0.15, 0.2) is 46.7 Å². The summed E-state index contributed by atoms with van der Waals surface area (Å²) in [6, 6.07) is 7.30. The Balaban J connectivity index is 2.24. The Morgan fingerprint density at radius 3 is 2.91 bits per heavy atom. The minimum Gasteiger partial charge on any atom is -0.370 e. The van der Waals surface area contributed by atoms with Crippen molar-refractivity contribution < 1.29 is 4.92 Å². The van der Waals surface area contributed by atoms with Gasteiger partial charge in [-0.15, -0.1) is 11.3 Å². The number of hydrogen-bond acceptors (Lipinski definition) is 7. The lowest BCUT2D eigenvalue weighted by Crippen LogP contribution is -2.21. The van der Waals surface area contributed by atoms with Crippen LogP contribution in [0.4, 0.5) is 10.8 Å². The van der Waals surface area contributed by atoms with E-state index >= 15 is 0 Å². The molecule has 0 bridgehead atoms. The topological polar surface area (TPSA) is 144 Å². The number of hydrogen-bond donors (Lipinski definition) is 4. The number of thiazole rings is 1. The van der Waals surface area contributed by atoms with Gasteiger partial charge in [-0.2, -0.15) is 4.99 Å². The summed E-state index contributed by atoms with van der Waals surface area (Å²) in [7, 11) is 1.59. The molecule has 6 N–H and O–H groups in total. The van der Waals surface area contributed by atoms with Gasteiger partial charge in [-0.3, -0.25) is 10.1 Å². The number of nitro groups is 1. The number of aromatic nitrogens is 1. The summed E-state index contributed by atoms with van der Waals surface area (Å²) in [5.41, 5.74) is 12.9. The molecule has 0 saturated heterocycles. The second kappa shape index (κ2) is 7.22. The van der Waals surface area contributed by atoms with Crippen molar-refractivity contribution in [2.75, 3.05) is 12.4 Å². The lowest BCUT2D eigenvalue weighted by atomic mass is 10.1. The van der Waals surface area contributed by atoms with Gasteiger partial charge in [0.25, 0.3) is 6.20 Å². The first-order valence-electron chi connectivity index (χ1n) is 6.43. The molecule has 0 amide bonds. The molecular formula is C13H15N7O2S. The monoisotopic (exact) mass is 333 g/mol. The summed E-state index contributed by atoms with van der Waals surface area (Å²) in [5.74, 6) is 0.219. The molecule has 1 aromatic heterocycles. The third kappa shape index (κ3) is 4.68. The molecule has 10 heteroatoms. The molecule has 2 rings (SSSR count). The van der Waals surface area contributed by atoms with Crippen molar-refractivity contribution in [3.63, 3.8) is 0 Å². The highest BCUT2D eigenvalue weighted by molar-refractivity contribution is 7.13. The average Bonchev–Trinajstić information content (AvgIpc) is 2.94. The van der Waals surface area contributed by atoms with E-state index in [4.69, 9.17) is 11.5 Å². The maximum Gasteiger partial charge on any atom is 0.274 e. The van der Waals surface area contributed by atoms with Crippen molar-refractivity contribution in [2.24, 2.45) is 16.5 Å². The molecular weight excluding hydrogens is 318 g/mol. The van der Waals surface area contributed by atoms with Gasteiger partial charge in [0.1, 0.15) is 0 Å². The van der Waals surface area contributed by atoms with Gasteiger partial charge in [0, 0.05) is 23.7 Å². The molecule has 0 radical (unpaired) electrons. The molecule has 0 atom stereocenters. The summed E-state index contributed by atoms with van der Waals surface area (Å²) in [4.78, 5) is 18.2. The zero-order valence-electron chi connectivity index (χ0n) is 12.2. The predicted molar refractivity (Wildman–Crippen MR) is 90.8 cm³/mol.